The molecule has 0 spiro atoms. The molecule has 0 aromatic carbocycles. The number of rotatable bonds is 3. The lowest BCUT2D eigenvalue weighted by atomic mass is 10.0. The lowest BCUT2D eigenvalue weighted by Gasteiger charge is -2.09. The second kappa shape index (κ2) is 3.67. The van der Waals surface area contributed by atoms with Gasteiger partial charge in [0.1, 0.15) is 17.3 Å². The Kier molecular flexibility index (Phi) is 2.65. The molecule has 0 amide bonds. The molecule has 0 aliphatic heterocycles. The van der Waals surface area contributed by atoms with Gasteiger partial charge in [-0.05, 0) is 10.8 Å². The number of aromatic nitrogens is 2. The van der Waals surface area contributed by atoms with Crippen molar-refractivity contribution in [2.75, 3.05) is 5.32 Å². The van der Waals surface area contributed by atoms with Gasteiger partial charge in [0.05, 0.1) is 5.56 Å². The third-order valence-corrected chi connectivity index (χ3v) is 4.56. The van der Waals surface area contributed by atoms with Crippen molar-refractivity contribution in [3.05, 3.63) is 17.0 Å². The van der Waals surface area contributed by atoms with E-state index < -0.39 is 0 Å². The van der Waals surface area contributed by atoms with Gasteiger partial charge in [-0.25, -0.2) is 9.97 Å². The van der Waals surface area contributed by atoms with E-state index in [2.05, 4.69) is 43.0 Å². The highest BCUT2D eigenvalue weighted by Gasteiger charge is 2.65. The summed E-state index contributed by atoms with van der Waals surface area (Å²) in [5.41, 5.74) is 0.669. The lowest BCUT2D eigenvalue weighted by molar-refractivity contribution is 0.112. The van der Waals surface area contributed by atoms with Gasteiger partial charge in [0.15, 0.2) is 6.29 Å². The number of carbonyl (C=O) groups excluding carboxylic acids is 1. The van der Waals surface area contributed by atoms with Crippen molar-refractivity contribution in [3.8, 4) is 0 Å². The number of nitrogens with one attached hydrogen (secondary N) is 1. The highest BCUT2D eigenvalue weighted by molar-refractivity contribution is 6.32. The highest BCUT2D eigenvalue weighted by Crippen LogP contribution is 2.63. The Bertz CT molecular complexity index is 457. The molecular weight excluding hydrogens is 238 g/mol. The summed E-state index contributed by atoms with van der Waals surface area (Å²) in [5, 5.41) is 3.48. The van der Waals surface area contributed by atoms with Crippen LogP contribution in [0.1, 0.15) is 38.1 Å². The van der Waals surface area contributed by atoms with E-state index in [9.17, 15) is 4.79 Å². The van der Waals surface area contributed by atoms with Crippen molar-refractivity contribution in [2.24, 2.45) is 10.8 Å². The summed E-state index contributed by atoms with van der Waals surface area (Å²) in [4.78, 5) is 18.8. The third kappa shape index (κ3) is 1.71. The van der Waals surface area contributed by atoms with Gasteiger partial charge in [-0.2, -0.15) is 0 Å². The summed E-state index contributed by atoms with van der Waals surface area (Å²) in [5.74, 6) is 0.517. The first kappa shape index (κ1) is 12.3. The molecule has 1 N–H and O–H groups in total. The molecule has 1 saturated carbocycles. The highest BCUT2D eigenvalue weighted by atomic mass is 35.5. The van der Waals surface area contributed by atoms with Crippen LogP contribution >= 0.6 is 11.6 Å². The average molecular weight is 254 g/mol. The van der Waals surface area contributed by atoms with E-state index in [1.54, 1.807) is 0 Å². The first-order valence-corrected chi connectivity index (χ1v) is 5.92. The maximum absolute atomic E-state index is 11.0. The molecule has 0 bridgehead atoms. The van der Waals surface area contributed by atoms with Gasteiger partial charge >= 0.3 is 0 Å². The van der Waals surface area contributed by atoms with E-state index in [1.165, 1.54) is 6.33 Å². The molecule has 0 atom stereocenters. The van der Waals surface area contributed by atoms with Crippen LogP contribution in [0.5, 0.6) is 0 Å². The summed E-state index contributed by atoms with van der Waals surface area (Å²) in [6.45, 7) is 8.75. The van der Waals surface area contributed by atoms with E-state index >= 15 is 0 Å². The largest absolute Gasteiger partial charge is 0.365 e. The lowest BCUT2D eigenvalue weighted by Crippen LogP contribution is -2.13. The predicted octanol–water partition coefficient (Wildman–Crippen LogP) is 2.79. The van der Waals surface area contributed by atoms with Crippen LogP contribution in [0.2, 0.25) is 5.15 Å². The summed E-state index contributed by atoms with van der Waals surface area (Å²) in [7, 11) is 0. The van der Waals surface area contributed by atoms with Gasteiger partial charge in [0.2, 0.25) is 0 Å². The molecule has 17 heavy (non-hydrogen) atoms. The standard InChI is InChI=1S/C12H16ClN3O/c1-11(2)10(12(11,3)4)16-9-7(5-17)8(13)14-6-15-9/h5-6,10H,1-4H3,(H,14,15,16). The van der Waals surface area contributed by atoms with Gasteiger partial charge in [-0.3, -0.25) is 4.79 Å². The van der Waals surface area contributed by atoms with Crippen LogP contribution in [0, 0.1) is 10.8 Å². The van der Waals surface area contributed by atoms with Gasteiger partial charge in [-0.15, -0.1) is 0 Å². The Hall–Kier alpha value is -1.16. The fourth-order valence-electron chi connectivity index (χ4n) is 2.29. The van der Waals surface area contributed by atoms with E-state index in [-0.39, 0.29) is 22.0 Å². The maximum Gasteiger partial charge on any atom is 0.156 e. The Morgan fingerprint density at radius 3 is 2.35 bits per heavy atom. The van der Waals surface area contributed by atoms with Crippen LogP contribution in [0.3, 0.4) is 0 Å². The molecular formula is C12H16ClN3O. The van der Waals surface area contributed by atoms with Crippen molar-refractivity contribution in [3.63, 3.8) is 0 Å². The van der Waals surface area contributed by atoms with Crippen molar-refractivity contribution >= 4 is 23.7 Å². The third-order valence-electron chi connectivity index (χ3n) is 4.25. The normalized spacial score (nSPS) is 21.0. The van der Waals surface area contributed by atoms with Gasteiger partial charge in [0.25, 0.3) is 0 Å². The summed E-state index contributed by atoms with van der Waals surface area (Å²) >= 11 is 5.85. The van der Waals surface area contributed by atoms with E-state index in [0.29, 0.717) is 17.7 Å². The monoisotopic (exact) mass is 253 g/mol. The van der Waals surface area contributed by atoms with E-state index in [1.807, 2.05) is 0 Å². The zero-order chi connectivity index (χ0) is 12.8. The predicted molar refractivity (Wildman–Crippen MR) is 67.4 cm³/mol. The molecule has 2 rings (SSSR count). The minimum atomic E-state index is 0.171. The van der Waals surface area contributed by atoms with Gasteiger partial charge in [-0.1, -0.05) is 39.3 Å². The van der Waals surface area contributed by atoms with Crippen molar-refractivity contribution in [1.29, 1.82) is 0 Å². The number of nitrogens with zero attached hydrogens (tertiary/aromatic N) is 2. The summed E-state index contributed by atoms with van der Waals surface area (Å²) in [6.07, 6.45) is 2.05. The number of halogens is 1. The quantitative estimate of drug-likeness (QED) is 0.665. The molecule has 1 aliphatic carbocycles. The molecule has 0 saturated heterocycles. The molecule has 1 fully saturated rings. The fraction of sp³-hybridized carbons (Fsp3) is 0.583. The van der Waals surface area contributed by atoms with E-state index in [0.717, 1.165) is 0 Å². The number of anilines is 1. The molecule has 1 aromatic rings. The Labute approximate surface area is 106 Å². The Morgan fingerprint density at radius 1 is 1.29 bits per heavy atom. The number of carbonyl (C=O) groups is 1. The SMILES string of the molecule is CC1(C)C(Nc2ncnc(Cl)c2C=O)C1(C)C. The smallest absolute Gasteiger partial charge is 0.156 e. The van der Waals surface area contributed by atoms with Crippen LogP contribution < -0.4 is 5.32 Å². The van der Waals surface area contributed by atoms with Crippen LogP contribution in [0.15, 0.2) is 6.33 Å². The van der Waals surface area contributed by atoms with Crippen LogP contribution in [-0.4, -0.2) is 22.3 Å². The molecule has 5 heteroatoms. The maximum atomic E-state index is 11.0. The van der Waals surface area contributed by atoms with Gasteiger partial charge in [0, 0.05) is 6.04 Å². The van der Waals surface area contributed by atoms with Crippen LogP contribution in [0.4, 0.5) is 5.82 Å². The summed E-state index contributed by atoms with van der Waals surface area (Å²) in [6, 6.07) is 0.277. The molecule has 4 nitrogen and oxygen atoms in total. The Balaban J connectivity index is 2.27. The molecule has 1 aliphatic rings. The van der Waals surface area contributed by atoms with Gasteiger partial charge < -0.3 is 5.32 Å². The molecule has 0 radical (unpaired) electrons. The second-order valence-electron chi connectivity index (χ2n) is 5.57. The number of hydrogen-bond acceptors (Lipinski definition) is 4. The second-order valence-corrected chi connectivity index (χ2v) is 5.92. The minimum Gasteiger partial charge on any atom is -0.365 e. The van der Waals surface area contributed by atoms with Crippen molar-refractivity contribution < 1.29 is 4.79 Å². The minimum absolute atomic E-state index is 0.171. The average Bonchev–Trinajstić information content (AvgIpc) is 2.61. The Morgan fingerprint density at radius 2 is 1.88 bits per heavy atom. The first-order valence-electron chi connectivity index (χ1n) is 5.54. The molecule has 1 aromatic heterocycles. The van der Waals surface area contributed by atoms with Crippen LogP contribution in [-0.2, 0) is 0 Å². The fourth-order valence-corrected chi connectivity index (χ4v) is 2.47. The van der Waals surface area contributed by atoms with Crippen molar-refractivity contribution in [2.45, 2.75) is 33.7 Å². The van der Waals surface area contributed by atoms with E-state index in [4.69, 9.17) is 11.6 Å². The summed E-state index contributed by atoms with van der Waals surface area (Å²) < 4.78 is 0. The topological polar surface area (TPSA) is 54.9 Å². The number of hydrogen-bond donors (Lipinski definition) is 1. The first-order chi connectivity index (χ1) is 7.82. The molecule has 0 unspecified atom stereocenters. The van der Waals surface area contributed by atoms with Crippen molar-refractivity contribution in [1.82, 2.24) is 9.97 Å². The molecule has 1 heterocycles. The zero-order valence-corrected chi connectivity index (χ0v) is 11.2. The zero-order valence-electron chi connectivity index (χ0n) is 10.4. The van der Waals surface area contributed by atoms with Crippen LogP contribution in [0.25, 0.3) is 0 Å². The number of aldehydes is 1. The molecule has 92 valence electrons.